The highest BCUT2D eigenvalue weighted by Gasteiger charge is 2.36. The number of nitrogens with one attached hydrogen (secondary N) is 4. The third-order valence-electron chi connectivity index (χ3n) is 7.85. The van der Waals surface area contributed by atoms with Gasteiger partial charge in [0.25, 0.3) is 23.6 Å². The van der Waals surface area contributed by atoms with E-state index in [1.807, 2.05) is 0 Å². The summed E-state index contributed by atoms with van der Waals surface area (Å²) in [4.78, 5) is 133. The van der Waals surface area contributed by atoms with Gasteiger partial charge in [-0.05, 0) is 92.9 Å². The number of carbonyl (C=O) groups is 10. The van der Waals surface area contributed by atoms with E-state index in [4.69, 9.17) is 19.1 Å². The molecule has 0 aromatic heterocycles. The molecule has 2 rings (SSSR count). The SMILES string of the molecule is CC(C)(C)OC(=O)NCCCCC(NC(=O)CCCCC(=O)NC(CCCCNC(=O)OC(C)(C)C)C(=O)ON1C(=O)CCC1=O)C(=O)ON1C(=O)CCC1=O. The quantitative estimate of drug-likeness (QED) is 0.0958. The Balaban J connectivity index is 1.89. The molecular formula is C36H56N6O14. The molecule has 2 heterocycles. The summed E-state index contributed by atoms with van der Waals surface area (Å²) < 4.78 is 10.4. The molecule has 0 aromatic carbocycles. The zero-order valence-electron chi connectivity index (χ0n) is 33.1. The summed E-state index contributed by atoms with van der Waals surface area (Å²) in [5.41, 5.74) is -1.37. The maximum Gasteiger partial charge on any atom is 0.407 e. The van der Waals surface area contributed by atoms with Crippen LogP contribution in [0.5, 0.6) is 0 Å². The van der Waals surface area contributed by atoms with E-state index in [1.54, 1.807) is 41.5 Å². The van der Waals surface area contributed by atoms with Crippen molar-refractivity contribution >= 4 is 59.6 Å². The Morgan fingerprint density at radius 3 is 1.16 bits per heavy atom. The van der Waals surface area contributed by atoms with Crippen LogP contribution in [0.15, 0.2) is 0 Å². The van der Waals surface area contributed by atoms with E-state index in [-0.39, 0.29) is 77.3 Å². The Kier molecular flexibility index (Phi) is 18.7. The predicted octanol–water partition coefficient (Wildman–Crippen LogP) is 2.12. The van der Waals surface area contributed by atoms with Crippen LogP contribution in [0.4, 0.5) is 9.59 Å². The van der Waals surface area contributed by atoms with E-state index in [1.165, 1.54) is 0 Å². The van der Waals surface area contributed by atoms with Gasteiger partial charge in [0.15, 0.2) is 0 Å². The number of hydrogen-bond donors (Lipinski definition) is 4. The lowest BCUT2D eigenvalue weighted by Gasteiger charge is -2.21. The minimum Gasteiger partial charge on any atom is -0.444 e. The van der Waals surface area contributed by atoms with Crippen molar-refractivity contribution in [3.63, 3.8) is 0 Å². The molecule has 0 radical (unpaired) electrons. The number of imide groups is 2. The molecule has 0 saturated carbocycles. The second-order valence-corrected chi connectivity index (χ2v) is 15.3. The van der Waals surface area contributed by atoms with Crippen LogP contribution in [0.2, 0.25) is 0 Å². The monoisotopic (exact) mass is 796 g/mol. The van der Waals surface area contributed by atoms with Crippen LogP contribution in [0.25, 0.3) is 0 Å². The lowest BCUT2D eigenvalue weighted by Crippen LogP contribution is -2.45. The third kappa shape index (κ3) is 18.4. The van der Waals surface area contributed by atoms with Gasteiger partial charge in [-0.1, -0.05) is 0 Å². The molecule has 20 heteroatoms. The Morgan fingerprint density at radius 1 is 0.536 bits per heavy atom. The van der Waals surface area contributed by atoms with Crippen molar-refractivity contribution in [3.05, 3.63) is 0 Å². The first kappa shape index (κ1) is 46.9. The number of nitrogens with zero attached hydrogens (tertiary/aromatic N) is 2. The fraction of sp³-hybridized carbons (Fsp3) is 0.722. The number of carbonyl (C=O) groups excluding carboxylic acids is 10. The second kappa shape index (κ2) is 22.3. The van der Waals surface area contributed by atoms with E-state index in [0.717, 1.165) is 0 Å². The molecule has 2 unspecified atom stereocenters. The molecule has 0 aromatic rings. The third-order valence-corrected chi connectivity index (χ3v) is 7.85. The lowest BCUT2D eigenvalue weighted by molar-refractivity contribution is -0.199. The van der Waals surface area contributed by atoms with Gasteiger partial charge in [0, 0.05) is 51.6 Å². The number of hydrogen-bond acceptors (Lipinski definition) is 14. The minimum absolute atomic E-state index is 0.0579. The summed E-state index contributed by atoms with van der Waals surface area (Å²) in [6, 6.07) is -2.46. The van der Waals surface area contributed by atoms with Crippen molar-refractivity contribution in [2.45, 2.75) is 155 Å². The van der Waals surface area contributed by atoms with Crippen LogP contribution >= 0.6 is 0 Å². The van der Waals surface area contributed by atoms with Crippen LogP contribution in [0.1, 0.15) is 131 Å². The van der Waals surface area contributed by atoms with E-state index in [9.17, 15) is 47.9 Å². The van der Waals surface area contributed by atoms with Crippen molar-refractivity contribution in [1.29, 1.82) is 0 Å². The van der Waals surface area contributed by atoms with Gasteiger partial charge in [0.1, 0.15) is 23.3 Å². The van der Waals surface area contributed by atoms with Gasteiger partial charge in [-0.25, -0.2) is 19.2 Å². The van der Waals surface area contributed by atoms with Crippen molar-refractivity contribution in [2.75, 3.05) is 13.1 Å². The van der Waals surface area contributed by atoms with Crippen molar-refractivity contribution in [1.82, 2.24) is 31.4 Å². The molecule has 0 spiro atoms. The second-order valence-electron chi connectivity index (χ2n) is 15.3. The van der Waals surface area contributed by atoms with Gasteiger partial charge < -0.3 is 40.4 Å². The largest absolute Gasteiger partial charge is 0.444 e. The molecule has 56 heavy (non-hydrogen) atoms. The Bertz CT molecular complexity index is 1330. The molecule has 2 atom stereocenters. The van der Waals surface area contributed by atoms with Crippen LogP contribution < -0.4 is 21.3 Å². The molecular weight excluding hydrogens is 740 g/mol. The van der Waals surface area contributed by atoms with Gasteiger partial charge in [-0.3, -0.25) is 28.8 Å². The summed E-state index contributed by atoms with van der Waals surface area (Å²) in [5, 5.41) is 11.0. The highest BCUT2D eigenvalue weighted by molar-refractivity contribution is 6.02. The van der Waals surface area contributed by atoms with Gasteiger partial charge in [0.2, 0.25) is 11.8 Å². The molecule has 20 nitrogen and oxygen atoms in total. The maximum absolute atomic E-state index is 12.9. The highest BCUT2D eigenvalue weighted by Crippen LogP contribution is 2.16. The Morgan fingerprint density at radius 2 is 0.857 bits per heavy atom. The number of amides is 8. The average molecular weight is 797 g/mol. The molecule has 314 valence electrons. The summed E-state index contributed by atoms with van der Waals surface area (Å²) in [6.45, 7) is 10.7. The topological polar surface area (TPSA) is 262 Å². The Hall–Kier alpha value is -5.30. The molecule has 2 aliphatic heterocycles. The lowest BCUT2D eigenvalue weighted by atomic mass is 10.1. The fourth-order valence-electron chi connectivity index (χ4n) is 5.18. The summed E-state index contributed by atoms with van der Waals surface area (Å²) in [5.74, 6) is -5.91. The van der Waals surface area contributed by atoms with Crippen LogP contribution in [0, 0.1) is 0 Å². The number of unbranched alkanes of at least 4 members (excludes halogenated alkanes) is 3. The highest BCUT2D eigenvalue weighted by atomic mass is 16.7. The Labute approximate surface area is 325 Å². The number of alkyl carbamates (subject to hydrolysis) is 2. The van der Waals surface area contributed by atoms with Crippen molar-refractivity contribution in [3.8, 4) is 0 Å². The summed E-state index contributed by atoms with van der Waals surface area (Å²) in [7, 11) is 0. The van der Waals surface area contributed by atoms with Gasteiger partial charge in [-0.15, -0.1) is 10.1 Å². The van der Waals surface area contributed by atoms with Crippen LogP contribution in [-0.2, 0) is 57.5 Å². The molecule has 4 N–H and O–H groups in total. The molecule has 2 aliphatic rings. The van der Waals surface area contributed by atoms with Crippen molar-refractivity contribution in [2.24, 2.45) is 0 Å². The van der Waals surface area contributed by atoms with E-state index < -0.39 is 82.9 Å². The smallest absolute Gasteiger partial charge is 0.407 e. The first-order valence-electron chi connectivity index (χ1n) is 18.8. The molecule has 2 saturated heterocycles. The fourth-order valence-corrected chi connectivity index (χ4v) is 5.18. The first-order chi connectivity index (χ1) is 26.1. The summed E-state index contributed by atoms with van der Waals surface area (Å²) >= 11 is 0. The van der Waals surface area contributed by atoms with Crippen LogP contribution in [-0.4, -0.2) is 106 Å². The van der Waals surface area contributed by atoms with Crippen LogP contribution in [0.3, 0.4) is 0 Å². The zero-order chi connectivity index (χ0) is 42.1. The van der Waals surface area contributed by atoms with E-state index in [2.05, 4.69) is 21.3 Å². The number of hydroxylamine groups is 4. The number of ether oxygens (including phenoxy) is 2. The molecule has 0 aliphatic carbocycles. The standard InChI is InChI=1S/C36H56N6O14/c1-35(2,3)53-33(51)37-21-11-9-13-23(31(49)55-41-27(45)17-18-28(41)46)39-25(43)15-7-8-16-26(44)40-24(32(50)56-42-29(47)19-20-30(42)48)14-10-12-22-38-34(52)54-36(4,5)6/h23-24H,7-22H2,1-6H3,(H,37,51)(H,38,52)(H,39,43)(H,40,44). The normalized spacial score (nSPS) is 15.5. The molecule has 8 amide bonds. The van der Waals surface area contributed by atoms with Gasteiger partial charge >= 0.3 is 24.1 Å². The molecule has 2 fully saturated rings. The van der Waals surface area contributed by atoms with E-state index >= 15 is 0 Å². The zero-order valence-corrected chi connectivity index (χ0v) is 33.1. The van der Waals surface area contributed by atoms with Crippen molar-refractivity contribution < 1.29 is 67.1 Å². The first-order valence-corrected chi connectivity index (χ1v) is 18.8. The maximum atomic E-state index is 12.9. The predicted molar refractivity (Wildman–Crippen MR) is 193 cm³/mol. The summed E-state index contributed by atoms with van der Waals surface area (Å²) in [6.07, 6.45) is 0.0543. The van der Waals surface area contributed by atoms with Gasteiger partial charge in [0.05, 0.1) is 0 Å². The molecule has 0 bridgehead atoms. The minimum atomic E-state index is -1.23. The van der Waals surface area contributed by atoms with E-state index in [0.29, 0.717) is 35.8 Å². The number of rotatable bonds is 21. The van der Waals surface area contributed by atoms with Gasteiger partial charge in [-0.2, -0.15) is 0 Å². The average Bonchev–Trinajstić information content (AvgIpc) is 3.57.